The maximum atomic E-state index is 11.6. The highest BCUT2D eigenvalue weighted by atomic mass is 35.5. The molecule has 0 aliphatic carbocycles. The Labute approximate surface area is 103 Å². The second kappa shape index (κ2) is 5.61. The van der Waals surface area contributed by atoms with Gasteiger partial charge in [0.15, 0.2) is 0 Å². The molecule has 4 nitrogen and oxygen atoms in total. The molecule has 1 saturated heterocycles. The van der Waals surface area contributed by atoms with E-state index in [4.69, 9.17) is 16.3 Å². The number of ether oxygens (including phenoxy) is 1. The molecule has 88 valence electrons. The van der Waals surface area contributed by atoms with Crippen LogP contribution in [-0.2, 0) is 21.8 Å². The molecule has 1 aliphatic heterocycles. The van der Waals surface area contributed by atoms with Gasteiger partial charge in [-0.2, -0.15) is 0 Å². The van der Waals surface area contributed by atoms with Gasteiger partial charge in [0.2, 0.25) is 5.91 Å². The van der Waals surface area contributed by atoms with Crippen LogP contribution in [0.5, 0.6) is 0 Å². The molecule has 1 amide bonds. The van der Waals surface area contributed by atoms with E-state index >= 15 is 0 Å². The van der Waals surface area contributed by atoms with Gasteiger partial charge in [0.25, 0.3) is 0 Å². The minimum atomic E-state index is 0.00553. The van der Waals surface area contributed by atoms with Crippen molar-refractivity contribution in [1.29, 1.82) is 0 Å². The lowest BCUT2D eigenvalue weighted by atomic mass is 10.2. The van der Waals surface area contributed by atoms with Crippen molar-refractivity contribution >= 4 is 28.8 Å². The largest absolute Gasteiger partial charge is 0.379 e. The SMILES string of the molecule is O=C(Cc1nc(CCl)cs1)NC1CCOC1. The number of rotatable bonds is 4. The number of hydrogen-bond donors (Lipinski definition) is 1. The first-order valence-electron chi connectivity index (χ1n) is 5.14. The van der Waals surface area contributed by atoms with Crippen LogP contribution in [0.1, 0.15) is 17.1 Å². The summed E-state index contributed by atoms with van der Waals surface area (Å²) in [5.41, 5.74) is 0.832. The second-order valence-corrected chi connectivity index (χ2v) is 4.88. The van der Waals surface area contributed by atoms with E-state index in [1.165, 1.54) is 11.3 Å². The first-order chi connectivity index (χ1) is 7.78. The zero-order valence-corrected chi connectivity index (χ0v) is 10.3. The predicted octanol–water partition coefficient (Wildman–Crippen LogP) is 1.33. The topological polar surface area (TPSA) is 51.2 Å². The van der Waals surface area contributed by atoms with Crippen molar-refractivity contribution in [3.63, 3.8) is 0 Å². The van der Waals surface area contributed by atoms with Crippen LogP contribution in [0.3, 0.4) is 0 Å². The maximum absolute atomic E-state index is 11.6. The number of hydrogen-bond acceptors (Lipinski definition) is 4. The molecular formula is C10H13ClN2O2S. The molecule has 0 aromatic carbocycles. The van der Waals surface area contributed by atoms with Crippen LogP contribution >= 0.6 is 22.9 Å². The Hall–Kier alpha value is -0.650. The van der Waals surface area contributed by atoms with Gasteiger partial charge in [-0.25, -0.2) is 4.98 Å². The second-order valence-electron chi connectivity index (χ2n) is 3.67. The van der Waals surface area contributed by atoms with Gasteiger partial charge < -0.3 is 10.1 Å². The number of thiazole rings is 1. The monoisotopic (exact) mass is 260 g/mol. The number of nitrogens with zero attached hydrogens (tertiary/aromatic N) is 1. The number of carbonyl (C=O) groups is 1. The standard InChI is InChI=1S/C10H13ClN2O2S/c11-4-8-6-16-10(13-8)3-9(14)12-7-1-2-15-5-7/h6-7H,1-5H2,(H,12,14). The van der Waals surface area contributed by atoms with E-state index in [0.29, 0.717) is 18.9 Å². The van der Waals surface area contributed by atoms with E-state index in [2.05, 4.69) is 10.3 Å². The number of nitrogens with one attached hydrogen (secondary N) is 1. The van der Waals surface area contributed by atoms with Crippen LogP contribution in [0.15, 0.2) is 5.38 Å². The lowest BCUT2D eigenvalue weighted by molar-refractivity contribution is -0.121. The number of halogens is 1. The fourth-order valence-electron chi connectivity index (χ4n) is 1.56. The molecule has 1 aromatic heterocycles. The van der Waals surface area contributed by atoms with E-state index in [1.54, 1.807) is 0 Å². The lowest BCUT2D eigenvalue weighted by Crippen LogP contribution is -2.35. The molecule has 2 rings (SSSR count). The summed E-state index contributed by atoms with van der Waals surface area (Å²) in [4.78, 5) is 15.9. The van der Waals surface area contributed by atoms with Crippen LogP contribution in [0, 0.1) is 0 Å². The summed E-state index contributed by atoms with van der Waals surface area (Å²) in [5, 5.41) is 5.62. The van der Waals surface area contributed by atoms with Crippen LogP contribution in [0.4, 0.5) is 0 Å². The van der Waals surface area contributed by atoms with Gasteiger partial charge >= 0.3 is 0 Å². The Morgan fingerprint density at radius 1 is 1.75 bits per heavy atom. The Morgan fingerprint density at radius 3 is 3.25 bits per heavy atom. The summed E-state index contributed by atoms with van der Waals surface area (Å²) < 4.78 is 5.18. The molecule has 0 bridgehead atoms. The van der Waals surface area contributed by atoms with E-state index < -0.39 is 0 Å². The molecule has 1 N–H and O–H groups in total. The van der Waals surface area contributed by atoms with Gasteiger partial charge in [-0.05, 0) is 6.42 Å². The first-order valence-corrected chi connectivity index (χ1v) is 6.55. The van der Waals surface area contributed by atoms with Gasteiger partial charge in [0.1, 0.15) is 5.01 Å². The number of carbonyl (C=O) groups excluding carboxylic acids is 1. The molecule has 0 radical (unpaired) electrons. The number of amides is 1. The molecular weight excluding hydrogens is 248 g/mol. The molecule has 1 fully saturated rings. The summed E-state index contributed by atoms with van der Waals surface area (Å²) in [6.45, 7) is 1.36. The molecule has 1 unspecified atom stereocenters. The van der Waals surface area contributed by atoms with Crippen LogP contribution in [0.25, 0.3) is 0 Å². The van der Waals surface area contributed by atoms with Crippen LogP contribution < -0.4 is 5.32 Å². The third kappa shape index (κ3) is 3.17. The summed E-state index contributed by atoms with van der Waals surface area (Å²) in [6.07, 6.45) is 1.23. The van der Waals surface area contributed by atoms with Crippen molar-refractivity contribution in [2.24, 2.45) is 0 Å². The van der Waals surface area contributed by atoms with Crippen LogP contribution in [-0.4, -0.2) is 30.1 Å². The summed E-state index contributed by atoms with van der Waals surface area (Å²) in [5.74, 6) is 0.403. The van der Waals surface area contributed by atoms with Gasteiger partial charge in [0, 0.05) is 12.0 Å². The van der Waals surface area contributed by atoms with Gasteiger partial charge in [0.05, 0.1) is 30.6 Å². The normalized spacial score (nSPS) is 19.9. The van der Waals surface area contributed by atoms with Gasteiger partial charge in [-0.3, -0.25) is 4.79 Å². The average Bonchev–Trinajstić information content (AvgIpc) is 2.89. The van der Waals surface area contributed by atoms with Crippen molar-refractivity contribution in [3.8, 4) is 0 Å². The van der Waals surface area contributed by atoms with Crippen molar-refractivity contribution in [3.05, 3.63) is 16.1 Å². The van der Waals surface area contributed by atoms with Crippen LogP contribution in [0.2, 0.25) is 0 Å². The Balaban J connectivity index is 1.81. The Bertz CT molecular complexity index is 363. The molecule has 1 aromatic rings. The minimum absolute atomic E-state index is 0.00553. The first kappa shape index (κ1) is 11.8. The minimum Gasteiger partial charge on any atom is -0.379 e. The summed E-state index contributed by atoms with van der Waals surface area (Å²) in [7, 11) is 0. The predicted molar refractivity (Wildman–Crippen MR) is 62.7 cm³/mol. The van der Waals surface area contributed by atoms with Crippen molar-refractivity contribution in [2.45, 2.75) is 24.8 Å². The van der Waals surface area contributed by atoms with Crippen molar-refractivity contribution < 1.29 is 9.53 Å². The highest BCUT2D eigenvalue weighted by molar-refractivity contribution is 7.09. The van der Waals surface area contributed by atoms with E-state index in [-0.39, 0.29) is 11.9 Å². The number of alkyl halides is 1. The highest BCUT2D eigenvalue weighted by Gasteiger charge is 2.18. The van der Waals surface area contributed by atoms with Crippen molar-refractivity contribution in [1.82, 2.24) is 10.3 Å². The number of aromatic nitrogens is 1. The summed E-state index contributed by atoms with van der Waals surface area (Å²) in [6, 6.07) is 0.167. The molecule has 2 heterocycles. The molecule has 0 spiro atoms. The maximum Gasteiger partial charge on any atom is 0.227 e. The zero-order valence-electron chi connectivity index (χ0n) is 8.74. The Kier molecular flexibility index (Phi) is 4.15. The zero-order chi connectivity index (χ0) is 11.4. The third-order valence-electron chi connectivity index (χ3n) is 2.34. The molecule has 6 heteroatoms. The van der Waals surface area contributed by atoms with E-state index in [1.807, 2.05) is 5.38 Å². The highest BCUT2D eigenvalue weighted by Crippen LogP contribution is 2.12. The Morgan fingerprint density at radius 2 is 2.62 bits per heavy atom. The fourth-order valence-corrected chi connectivity index (χ4v) is 2.58. The summed E-state index contributed by atoms with van der Waals surface area (Å²) >= 11 is 7.11. The smallest absolute Gasteiger partial charge is 0.227 e. The van der Waals surface area contributed by atoms with E-state index in [0.717, 1.165) is 23.7 Å². The molecule has 0 saturated carbocycles. The lowest BCUT2D eigenvalue weighted by Gasteiger charge is -2.09. The van der Waals surface area contributed by atoms with E-state index in [9.17, 15) is 4.79 Å². The molecule has 16 heavy (non-hydrogen) atoms. The molecule has 1 atom stereocenters. The quantitative estimate of drug-likeness (QED) is 0.831. The fraction of sp³-hybridized carbons (Fsp3) is 0.600. The third-order valence-corrected chi connectivity index (χ3v) is 3.51. The van der Waals surface area contributed by atoms with Crippen molar-refractivity contribution in [2.75, 3.05) is 13.2 Å². The van der Waals surface area contributed by atoms with Gasteiger partial charge in [-0.1, -0.05) is 0 Å². The molecule has 1 aliphatic rings. The average molecular weight is 261 g/mol. The van der Waals surface area contributed by atoms with Gasteiger partial charge in [-0.15, -0.1) is 22.9 Å².